The lowest BCUT2D eigenvalue weighted by Gasteiger charge is -2.07. The van der Waals surface area contributed by atoms with Crippen LogP contribution in [0.3, 0.4) is 0 Å². The Labute approximate surface area is 142 Å². The summed E-state index contributed by atoms with van der Waals surface area (Å²) in [6, 6.07) is 5.03. The molecule has 0 radical (unpaired) electrons. The summed E-state index contributed by atoms with van der Waals surface area (Å²) in [5.41, 5.74) is 1.25. The standard InChI is InChI=1S/C16H15N3O4S/c1-17-15(21)9-3-5-12-13(9)18-16(24-12)19-14(20)8-2-4-10-11(6-8)23-7-22-10/h2,4,6,9H,3,5,7H2,1H3,(H,17,21)(H,18,19,20). The van der Waals surface area contributed by atoms with Crippen LogP contribution in [-0.2, 0) is 11.2 Å². The third-order valence-electron chi connectivity index (χ3n) is 4.14. The molecule has 124 valence electrons. The van der Waals surface area contributed by atoms with Crippen LogP contribution in [0.15, 0.2) is 18.2 Å². The van der Waals surface area contributed by atoms with Crippen LogP contribution < -0.4 is 20.1 Å². The second kappa shape index (κ2) is 5.79. The van der Waals surface area contributed by atoms with Crippen molar-refractivity contribution in [3.8, 4) is 11.5 Å². The molecule has 0 saturated carbocycles. The number of likely N-dealkylation sites (N-methyl/N-ethyl adjacent to an activating group) is 1. The Hall–Kier alpha value is -2.61. The molecule has 1 unspecified atom stereocenters. The maximum Gasteiger partial charge on any atom is 0.257 e. The normalized spacial score (nSPS) is 17.5. The Morgan fingerprint density at radius 3 is 2.96 bits per heavy atom. The zero-order chi connectivity index (χ0) is 16.7. The predicted molar refractivity (Wildman–Crippen MR) is 87.8 cm³/mol. The van der Waals surface area contributed by atoms with Crippen molar-refractivity contribution in [3.05, 3.63) is 34.3 Å². The monoisotopic (exact) mass is 345 g/mol. The van der Waals surface area contributed by atoms with Crippen LogP contribution in [-0.4, -0.2) is 30.6 Å². The number of ether oxygens (including phenoxy) is 2. The summed E-state index contributed by atoms with van der Waals surface area (Å²) in [7, 11) is 1.62. The first-order valence-electron chi connectivity index (χ1n) is 7.58. The first-order valence-corrected chi connectivity index (χ1v) is 8.39. The number of carbonyl (C=O) groups excluding carboxylic acids is 2. The molecule has 1 aliphatic heterocycles. The fourth-order valence-electron chi connectivity index (χ4n) is 2.92. The van der Waals surface area contributed by atoms with E-state index in [2.05, 4.69) is 15.6 Å². The van der Waals surface area contributed by atoms with Gasteiger partial charge in [0.2, 0.25) is 12.7 Å². The van der Waals surface area contributed by atoms with Gasteiger partial charge in [0.1, 0.15) is 0 Å². The van der Waals surface area contributed by atoms with Gasteiger partial charge in [-0.3, -0.25) is 14.9 Å². The van der Waals surface area contributed by atoms with E-state index in [0.717, 1.165) is 23.4 Å². The van der Waals surface area contributed by atoms with Gasteiger partial charge in [-0.1, -0.05) is 0 Å². The van der Waals surface area contributed by atoms with Gasteiger partial charge in [-0.15, -0.1) is 11.3 Å². The summed E-state index contributed by atoms with van der Waals surface area (Å²) in [4.78, 5) is 29.8. The van der Waals surface area contributed by atoms with E-state index in [1.807, 2.05) is 0 Å². The molecular weight excluding hydrogens is 330 g/mol. The van der Waals surface area contributed by atoms with E-state index in [0.29, 0.717) is 22.2 Å². The molecule has 2 N–H and O–H groups in total. The van der Waals surface area contributed by atoms with Crippen LogP contribution >= 0.6 is 11.3 Å². The maximum atomic E-state index is 12.4. The number of nitrogens with zero attached hydrogens (tertiary/aromatic N) is 1. The van der Waals surface area contributed by atoms with E-state index in [1.165, 1.54) is 11.3 Å². The van der Waals surface area contributed by atoms with Crippen LogP contribution in [0.2, 0.25) is 0 Å². The van der Waals surface area contributed by atoms with Gasteiger partial charge < -0.3 is 14.8 Å². The molecule has 24 heavy (non-hydrogen) atoms. The molecule has 1 aromatic heterocycles. The molecule has 0 spiro atoms. The summed E-state index contributed by atoms with van der Waals surface area (Å²) in [5, 5.41) is 5.97. The molecule has 0 bridgehead atoms. The first kappa shape index (κ1) is 14.9. The summed E-state index contributed by atoms with van der Waals surface area (Å²) in [6.07, 6.45) is 1.58. The van der Waals surface area contributed by atoms with Gasteiger partial charge in [0.15, 0.2) is 16.6 Å². The SMILES string of the molecule is CNC(=O)C1CCc2sc(NC(=O)c3ccc4c(c3)OCO4)nc21. The molecule has 1 aromatic carbocycles. The molecule has 2 heterocycles. The van der Waals surface area contributed by atoms with Crippen molar-refractivity contribution in [2.45, 2.75) is 18.8 Å². The molecule has 0 saturated heterocycles. The van der Waals surface area contributed by atoms with Crippen molar-refractivity contribution in [1.29, 1.82) is 0 Å². The molecule has 8 heteroatoms. The van der Waals surface area contributed by atoms with Crippen LogP contribution in [0, 0.1) is 0 Å². The minimum atomic E-state index is -0.266. The lowest BCUT2D eigenvalue weighted by Crippen LogP contribution is -2.24. The molecule has 1 atom stereocenters. The highest BCUT2D eigenvalue weighted by Gasteiger charge is 2.32. The highest BCUT2D eigenvalue weighted by atomic mass is 32.1. The summed E-state index contributed by atoms with van der Waals surface area (Å²) < 4.78 is 10.5. The lowest BCUT2D eigenvalue weighted by molar-refractivity contribution is -0.122. The molecule has 4 rings (SSSR count). The number of hydrogen-bond donors (Lipinski definition) is 2. The Kier molecular flexibility index (Phi) is 3.61. The zero-order valence-electron chi connectivity index (χ0n) is 12.9. The number of hydrogen-bond acceptors (Lipinski definition) is 6. The fourth-order valence-corrected chi connectivity index (χ4v) is 3.95. The fraction of sp³-hybridized carbons (Fsp3) is 0.312. The van der Waals surface area contributed by atoms with Crippen molar-refractivity contribution in [2.24, 2.45) is 0 Å². The predicted octanol–water partition coefficient (Wildman–Crippen LogP) is 1.90. The number of thiazole rings is 1. The number of nitrogens with one attached hydrogen (secondary N) is 2. The highest BCUT2D eigenvalue weighted by Crippen LogP contribution is 2.38. The van der Waals surface area contributed by atoms with Gasteiger partial charge in [0.25, 0.3) is 5.91 Å². The number of anilines is 1. The number of benzene rings is 1. The van der Waals surface area contributed by atoms with Crippen molar-refractivity contribution in [1.82, 2.24) is 10.3 Å². The van der Waals surface area contributed by atoms with E-state index in [-0.39, 0.29) is 24.5 Å². The molecule has 2 aliphatic rings. The first-order chi connectivity index (χ1) is 11.7. The van der Waals surface area contributed by atoms with Crippen molar-refractivity contribution in [3.63, 3.8) is 0 Å². The highest BCUT2D eigenvalue weighted by molar-refractivity contribution is 7.16. The van der Waals surface area contributed by atoms with Gasteiger partial charge in [-0.25, -0.2) is 4.98 Å². The molecule has 2 amide bonds. The van der Waals surface area contributed by atoms with Crippen LogP contribution in [0.25, 0.3) is 0 Å². The lowest BCUT2D eigenvalue weighted by atomic mass is 10.1. The molecular formula is C16H15N3O4S. The number of carbonyl (C=O) groups is 2. The number of amides is 2. The minimum absolute atomic E-state index is 0.0345. The zero-order valence-corrected chi connectivity index (χ0v) is 13.7. The van der Waals surface area contributed by atoms with Crippen molar-refractivity contribution < 1.29 is 19.1 Å². The van der Waals surface area contributed by atoms with Gasteiger partial charge >= 0.3 is 0 Å². The van der Waals surface area contributed by atoms with Gasteiger partial charge in [-0.2, -0.15) is 0 Å². The second-order valence-corrected chi connectivity index (χ2v) is 6.64. The van der Waals surface area contributed by atoms with Gasteiger partial charge in [0, 0.05) is 17.5 Å². The van der Waals surface area contributed by atoms with E-state index < -0.39 is 0 Å². The Balaban J connectivity index is 1.52. The number of fused-ring (bicyclic) bond motifs is 2. The van der Waals surface area contributed by atoms with Gasteiger partial charge in [0.05, 0.1) is 11.6 Å². The van der Waals surface area contributed by atoms with Crippen molar-refractivity contribution in [2.75, 3.05) is 19.2 Å². The quantitative estimate of drug-likeness (QED) is 0.887. The van der Waals surface area contributed by atoms with Gasteiger partial charge in [-0.05, 0) is 31.0 Å². The Morgan fingerprint density at radius 2 is 2.12 bits per heavy atom. The Morgan fingerprint density at radius 1 is 1.29 bits per heavy atom. The smallest absolute Gasteiger partial charge is 0.257 e. The average molecular weight is 345 g/mol. The van der Waals surface area contributed by atoms with Crippen LogP contribution in [0.5, 0.6) is 11.5 Å². The summed E-state index contributed by atoms with van der Waals surface area (Å²) in [5.74, 6) is 0.666. The van der Waals surface area contributed by atoms with E-state index in [4.69, 9.17) is 9.47 Å². The molecule has 7 nitrogen and oxygen atoms in total. The minimum Gasteiger partial charge on any atom is -0.454 e. The van der Waals surface area contributed by atoms with Crippen molar-refractivity contribution >= 4 is 28.3 Å². The number of rotatable bonds is 3. The number of aromatic nitrogens is 1. The molecule has 1 aliphatic carbocycles. The summed E-state index contributed by atoms with van der Waals surface area (Å²) >= 11 is 1.42. The van der Waals surface area contributed by atoms with E-state index in [1.54, 1.807) is 25.2 Å². The third kappa shape index (κ3) is 2.48. The summed E-state index contributed by atoms with van der Waals surface area (Å²) in [6.45, 7) is 0.167. The topological polar surface area (TPSA) is 89.6 Å². The third-order valence-corrected chi connectivity index (χ3v) is 5.18. The largest absolute Gasteiger partial charge is 0.454 e. The molecule has 0 fully saturated rings. The number of aryl methyl sites for hydroxylation is 1. The van der Waals surface area contributed by atoms with E-state index in [9.17, 15) is 9.59 Å². The average Bonchev–Trinajstić information content (AvgIpc) is 3.28. The molecule has 2 aromatic rings. The van der Waals surface area contributed by atoms with E-state index >= 15 is 0 Å². The van der Waals surface area contributed by atoms with Crippen LogP contribution in [0.4, 0.5) is 5.13 Å². The maximum absolute atomic E-state index is 12.4. The van der Waals surface area contributed by atoms with Crippen LogP contribution in [0.1, 0.15) is 33.3 Å². The Bertz CT molecular complexity index is 833. The second-order valence-electron chi connectivity index (χ2n) is 5.56.